The van der Waals surface area contributed by atoms with Gasteiger partial charge in [-0.1, -0.05) is 0 Å². The normalized spacial score (nSPS) is 21.6. The fraction of sp³-hybridized carbons (Fsp3) is 0.818. The van der Waals surface area contributed by atoms with Crippen molar-refractivity contribution in [1.29, 1.82) is 0 Å². The molecule has 1 heterocycles. The predicted octanol–water partition coefficient (Wildman–Crippen LogP) is 0.566. The minimum atomic E-state index is 0.0296. The van der Waals surface area contributed by atoms with E-state index in [0.29, 0.717) is 6.42 Å². The third-order valence-electron chi connectivity index (χ3n) is 2.89. The highest BCUT2D eigenvalue weighted by Gasteiger charge is 2.29. The first kappa shape index (κ1) is 12.2. The van der Waals surface area contributed by atoms with Gasteiger partial charge in [0.2, 0.25) is 5.91 Å². The zero-order valence-electron chi connectivity index (χ0n) is 9.58. The van der Waals surface area contributed by atoms with Crippen LogP contribution in [0.25, 0.3) is 0 Å². The number of likely N-dealkylation sites (tertiary alicyclic amines) is 1. The number of rotatable bonds is 5. The van der Waals surface area contributed by atoms with E-state index in [1.54, 1.807) is 14.0 Å². The summed E-state index contributed by atoms with van der Waals surface area (Å²) >= 11 is 0. The number of hydrogen-bond acceptors (Lipinski definition) is 3. The summed E-state index contributed by atoms with van der Waals surface area (Å²) in [5, 5.41) is 2.69. The highest BCUT2D eigenvalue weighted by atomic mass is 16.2. The summed E-state index contributed by atoms with van der Waals surface area (Å²) in [5.74, 6) is 0.334. The lowest BCUT2D eigenvalue weighted by Gasteiger charge is -2.22. The fourth-order valence-electron chi connectivity index (χ4n) is 2.09. The SMILES string of the molecule is CNC(=O)C1CCCN1CCCC(C)=O. The molecule has 0 aromatic carbocycles. The molecule has 1 fully saturated rings. The summed E-state index contributed by atoms with van der Waals surface area (Å²) in [6.45, 7) is 3.45. The van der Waals surface area contributed by atoms with Crippen molar-refractivity contribution < 1.29 is 9.59 Å². The maximum atomic E-state index is 11.5. The van der Waals surface area contributed by atoms with Crippen molar-refractivity contribution in [1.82, 2.24) is 10.2 Å². The molecule has 1 amide bonds. The van der Waals surface area contributed by atoms with Gasteiger partial charge in [-0.3, -0.25) is 9.69 Å². The Hall–Kier alpha value is -0.900. The molecule has 0 bridgehead atoms. The summed E-state index contributed by atoms with van der Waals surface area (Å²) in [6.07, 6.45) is 3.51. The van der Waals surface area contributed by atoms with Gasteiger partial charge in [-0.25, -0.2) is 0 Å². The third kappa shape index (κ3) is 3.63. The van der Waals surface area contributed by atoms with Crippen LogP contribution in [0.2, 0.25) is 0 Å². The highest BCUT2D eigenvalue weighted by molar-refractivity contribution is 5.81. The van der Waals surface area contributed by atoms with E-state index >= 15 is 0 Å². The van der Waals surface area contributed by atoms with Crippen LogP contribution >= 0.6 is 0 Å². The van der Waals surface area contributed by atoms with Crippen LogP contribution in [-0.2, 0) is 9.59 Å². The van der Waals surface area contributed by atoms with Crippen molar-refractivity contribution in [2.45, 2.75) is 38.6 Å². The largest absolute Gasteiger partial charge is 0.358 e. The molecule has 0 aromatic rings. The molecule has 0 aromatic heterocycles. The summed E-state index contributed by atoms with van der Waals surface area (Å²) in [5.41, 5.74) is 0. The van der Waals surface area contributed by atoms with E-state index in [1.807, 2.05) is 0 Å². The van der Waals surface area contributed by atoms with Crippen molar-refractivity contribution in [3.8, 4) is 0 Å². The smallest absolute Gasteiger partial charge is 0.237 e. The minimum Gasteiger partial charge on any atom is -0.358 e. The quantitative estimate of drug-likeness (QED) is 0.724. The lowest BCUT2D eigenvalue weighted by atomic mass is 10.2. The molecule has 1 aliphatic rings. The van der Waals surface area contributed by atoms with Gasteiger partial charge in [0.25, 0.3) is 0 Å². The Morgan fingerprint density at radius 3 is 2.80 bits per heavy atom. The Kier molecular flexibility index (Phi) is 4.75. The molecule has 1 unspecified atom stereocenters. The van der Waals surface area contributed by atoms with Crippen LogP contribution in [0.4, 0.5) is 0 Å². The fourth-order valence-corrected chi connectivity index (χ4v) is 2.09. The van der Waals surface area contributed by atoms with Crippen molar-refractivity contribution >= 4 is 11.7 Å². The van der Waals surface area contributed by atoms with Crippen LogP contribution in [0.3, 0.4) is 0 Å². The van der Waals surface area contributed by atoms with E-state index in [-0.39, 0.29) is 17.7 Å². The molecule has 86 valence electrons. The summed E-state index contributed by atoms with van der Waals surface area (Å²) in [4.78, 5) is 24.5. The Morgan fingerprint density at radius 2 is 2.20 bits per heavy atom. The second-order valence-corrected chi connectivity index (χ2v) is 4.11. The first-order valence-electron chi connectivity index (χ1n) is 5.60. The van der Waals surface area contributed by atoms with E-state index in [9.17, 15) is 9.59 Å². The number of hydrogen-bond donors (Lipinski definition) is 1. The molecule has 0 radical (unpaired) electrons. The van der Waals surface area contributed by atoms with Crippen LogP contribution in [0.15, 0.2) is 0 Å². The average molecular weight is 212 g/mol. The zero-order valence-corrected chi connectivity index (χ0v) is 9.58. The number of likely N-dealkylation sites (N-methyl/N-ethyl adjacent to an activating group) is 1. The molecule has 1 saturated heterocycles. The Morgan fingerprint density at radius 1 is 1.47 bits per heavy atom. The molecule has 1 rings (SSSR count). The van der Waals surface area contributed by atoms with Crippen LogP contribution < -0.4 is 5.32 Å². The van der Waals surface area contributed by atoms with Gasteiger partial charge in [0.05, 0.1) is 6.04 Å². The topological polar surface area (TPSA) is 49.4 Å². The van der Waals surface area contributed by atoms with Gasteiger partial charge >= 0.3 is 0 Å². The molecule has 15 heavy (non-hydrogen) atoms. The molecular weight excluding hydrogens is 192 g/mol. The maximum absolute atomic E-state index is 11.5. The zero-order chi connectivity index (χ0) is 11.3. The van der Waals surface area contributed by atoms with Crippen LogP contribution in [-0.4, -0.2) is 42.8 Å². The second kappa shape index (κ2) is 5.85. The number of nitrogens with zero attached hydrogens (tertiary/aromatic N) is 1. The van der Waals surface area contributed by atoms with Gasteiger partial charge in [-0.15, -0.1) is 0 Å². The summed E-state index contributed by atoms with van der Waals surface area (Å²) in [7, 11) is 1.68. The van der Waals surface area contributed by atoms with Gasteiger partial charge in [0, 0.05) is 13.5 Å². The number of carbonyl (C=O) groups excluding carboxylic acids is 2. The number of amides is 1. The molecule has 4 heteroatoms. The second-order valence-electron chi connectivity index (χ2n) is 4.11. The van der Waals surface area contributed by atoms with Crippen LogP contribution in [0.5, 0.6) is 0 Å². The Labute approximate surface area is 91.0 Å². The Bertz CT molecular complexity index is 241. The van der Waals surface area contributed by atoms with Crippen LogP contribution in [0.1, 0.15) is 32.6 Å². The first-order chi connectivity index (χ1) is 7.15. The molecule has 4 nitrogen and oxygen atoms in total. The lowest BCUT2D eigenvalue weighted by Crippen LogP contribution is -2.42. The summed E-state index contributed by atoms with van der Waals surface area (Å²) in [6, 6.07) is 0.0296. The minimum absolute atomic E-state index is 0.0296. The van der Waals surface area contributed by atoms with Crippen molar-refractivity contribution in [2.24, 2.45) is 0 Å². The molecular formula is C11H20N2O2. The number of nitrogens with one attached hydrogen (secondary N) is 1. The average Bonchev–Trinajstić information content (AvgIpc) is 2.64. The third-order valence-corrected chi connectivity index (χ3v) is 2.89. The molecule has 0 saturated carbocycles. The Balaban J connectivity index is 2.33. The van der Waals surface area contributed by atoms with Crippen molar-refractivity contribution in [3.05, 3.63) is 0 Å². The van der Waals surface area contributed by atoms with Crippen molar-refractivity contribution in [3.63, 3.8) is 0 Å². The molecule has 1 aliphatic heterocycles. The highest BCUT2D eigenvalue weighted by Crippen LogP contribution is 2.17. The van der Waals surface area contributed by atoms with Gasteiger partial charge in [-0.2, -0.15) is 0 Å². The standard InChI is InChI=1S/C11H20N2O2/c1-9(14)5-3-7-13-8-4-6-10(13)11(15)12-2/h10H,3-8H2,1-2H3,(H,12,15). The number of Topliss-reactive ketones (excluding diaryl/α,β-unsaturated/α-hetero) is 1. The van der Waals surface area contributed by atoms with Crippen molar-refractivity contribution in [2.75, 3.05) is 20.1 Å². The van der Waals surface area contributed by atoms with E-state index in [0.717, 1.165) is 32.4 Å². The van der Waals surface area contributed by atoms with E-state index < -0.39 is 0 Å². The first-order valence-corrected chi connectivity index (χ1v) is 5.60. The molecule has 1 N–H and O–H groups in total. The predicted molar refractivity (Wildman–Crippen MR) is 58.6 cm³/mol. The monoisotopic (exact) mass is 212 g/mol. The van der Waals surface area contributed by atoms with Gasteiger partial charge in [0.15, 0.2) is 0 Å². The maximum Gasteiger partial charge on any atom is 0.237 e. The molecule has 0 aliphatic carbocycles. The van der Waals surface area contributed by atoms with E-state index in [2.05, 4.69) is 10.2 Å². The molecule has 1 atom stereocenters. The van der Waals surface area contributed by atoms with E-state index in [1.165, 1.54) is 0 Å². The van der Waals surface area contributed by atoms with Gasteiger partial charge in [0.1, 0.15) is 5.78 Å². The number of ketones is 1. The van der Waals surface area contributed by atoms with Gasteiger partial charge in [-0.05, 0) is 39.3 Å². The van der Waals surface area contributed by atoms with E-state index in [4.69, 9.17) is 0 Å². The molecule has 0 spiro atoms. The number of carbonyl (C=O) groups is 2. The van der Waals surface area contributed by atoms with Gasteiger partial charge < -0.3 is 10.1 Å². The lowest BCUT2D eigenvalue weighted by molar-refractivity contribution is -0.124. The summed E-state index contributed by atoms with van der Waals surface area (Å²) < 4.78 is 0. The van der Waals surface area contributed by atoms with Crippen LogP contribution in [0, 0.1) is 0 Å².